The van der Waals surface area contributed by atoms with Gasteiger partial charge < -0.3 is 9.47 Å². The monoisotopic (exact) mass is 492 g/mol. The van der Waals surface area contributed by atoms with E-state index in [1.54, 1.807) is 18.1 Å². The molecule has 1 aliphatic rings. The molecule has 0 aliphatic heterocycles. The SMILES string of the molecule is CCCCCCCCC1Cc2ccc(-c3ccc(CCCCOC(=O)CC(=O)OCC)cc3)cc2C1. The number of carbonyl (C=O) groups is 2. The number of aryl methyl sites for hydroxylation is 1. The molecule has 2 aromatic carbocycles. The number of fused-ring (bicyclic) bond motifs is 1. The van der Waals surface area contributed by atoms with E-state index in [1.807, 2.05) is 0 Å². The molecule has 0 N–H and O–H groups in total. The lowest BCUT2D eigenvalue weighted by molar-refractivity contribution is -0.154. The van der Waals surface area contributed by atoms with Crippen molar-refractivity contribution < 1.29 is 19.1 Å². The van der Waals surface area contributed by atoms with Crippen LogP contribution in [0.25, 0.3) is 11.1 Å². The van der Waals surface area contributed by atoms with Gasteiger partial charge in [-0.15, -0.1) is 0 Å². The Morgan fingerprint density at radius 1 is 0.750 bits per heavy atom. The Morgan fingerprint density at radius 2 is 1.44 bits per heavy atom. The Labute approximate surface area is 217 Å². The van der Waals surface area contributed by atoms with Gasteiger partial charge in [0.15, 0.2) is 0 Å². The predicted octanol–water partition coefficient (Wildman–Crippen LogP) is 7.64. The normalized spacial score (nSPS) is 14.4. The molecule has 0 radical (unpaired) electrons. The first-order valence-corrected chi connectivity index (χ1v) is 14.1. The van der Waals surface area contributed by atoms with Crippen LogP contribution in [0.3, 0.4) is 0 Å². The van der Waals surface area contributed by atoms with Gasteiger partial charge in [-0.2, -0.15) is 0 Å². The molecule has 0 aromatic heterocycles. The lowest BCUT2D eigenvalue weighted by atomic mass is 9.97. The van der Waals surface area contributed by atoms with Crippen LogP contribution in [0, 0.1) is 5.92 Å². The molecule has 0 saturated heterocycles. The van der Waals surface area contributed by atoms with Crippen LogP contribution in [-0.4, -0.2) is 25.2 Å². The van der Waals surface area contributed by atoms with Crippen LogP contribution in [-0.2, 0) is 38.3 Å². The van der Waals surface area contributed by atoms with Crippen LogP contribution in [0.1, 0.15) is 94.7 Å². The molecular formula is C32H44O4. The van der Waals surface area contributed by atoms with Crippen LogP contribution in [0.4, 0.5) is 0 Å². The smallest absolute Gasteiger partial charge is 0.317 e. The minimum Gasteiger partial charge on any atom is -0.466 e. The molecule has 4 heteroatoms. The molecule has 0 saturated carbocycles. The fraction of sp³-hybridized carbons (Fsp3) is 0.562. The molecule has 36 heavy (non-hydrogen) atoms. The molecule has 2 aromatic rings. The highest BCUT2D eigenvalue weighted by Gasteiger charge is 2.21. The van der Waals surface area contributed by atoms with Crippen molar-refractivity contribution in [2.75, 3.05) is 13.2 Å². The summed E-state index contributed by atoms with van der Waals surface area (Å²) in [6.45, 7) is 4.61. The number of esters is 2. The summed E-state index contributed by atoms with van der Waals surface area (Å²) < 4.78 is 9.87. The summed E-state index contributed by atoms with van der Waals surface area (Å²) in [5.74, 6) is -0.215. The average Bonchev–Trinajstić information content (AvgIpc) is 3.28. The van der Waals surface area contributed by atoms with Crippen LogP contribution < -0.4 is 0 Å². The summed E-state index contributed by atoms with van der Waals surface area (Å²) in [5, 5.41) is 0. The highest BCUT2D eigenvalue weighted by atomic mass is 16.6. The van der Waals surface area contributed by atoms with Crippen LogP contribution in [0.2, 0.25) is 0 Å². The highest BCUT2D eigenvalue weighted by Crippen LogP contribution is 2.33. The zero-order valence-electron chi connectivity index (χ0n) is 22.4. The Kier molecular flexibility index (Phi) is 12.0. The first kappa shape index (κ1) is 28.0. The molecule has 1 unspecified atom stereocenters. The van der Waals surface area contributed by atoms with Crippen molar-refractivity contribution in [2.45, 2.75) is 97.3 Å². The molecule has 0 amide bonds. The second kappa shape index (κ2) is 15.5. The van der Waals surface area contributed by atoms with Crippen LogP contribution >= 0.6 is 0 Å². The summed E-state index contributed by atoms with van der Waals surface area (Å²) in [5.41, 5.74) is 6.97. The molecule has 196 valence electrons. The van der Waals surface area contributed by atoms with Crippen LogP contribution in [0.5, 0.6) is 0 Å². The van der Waals surface area contributed by atoms with Crippen molar-refractivity contribution in [3.63, 3.8) is 0 Å². The minimum absolute atomic E-state index is 0.275. The van der Waals surface area contributed by atoms with E-state index in [1.165, 1.54) is 74.5 Å². The predicted molar refractivity (Wildman–Crippen MR) is 146 cm³/mol. The Morgan fingerprint density at radius 3 is 2.22 bits per heavy atom. The highest BCUT2D eigenvalue weighted by molar-refractivity contribution is 5.91. The third kappa shape index (κ3) is 9.44. The van der Waals surface area contributed by atoms with Crippen molar-refractivity contribution in [1.82, 2.24) is 0 Å². The van der Waals surface area contributed by atoms with Gasteiger partial charge in [-0.05, 0) is 79.2 Å². The lowest BCUT2D eigenvalue weighted by Gasteiger charge is -2.08. The third-order valence-electron chi connectivity index (χ3n) is 7.19. The Balaban J connectivity index is 1.37. The maximum absolute atomic E-state index is 11.6. The van der Waals surface area contributed by atoms with Gasteiger partial charge in [0.05, 0.1) is 13.2 Å². The molecule has 0 fully saturated rings. The fourth-order valence-corrected chi connectivity index (χ4v) is 5.17. The summed E-state index contributed by atoms with van der Waals surface area (Å²) in [6.07, 6.45) is 14.5. The Bertz CT molecular complexity index is 947. The van der Waals surface area contributed by atoms with Gasteiger partial charge in [-0.3, -0.25) is 9.59 Å². The minimum atomic E-state index is -0.529. The number of carbonyl (C=O) groups excluding carboxylic acids is 2. The van der Waals surface area contributed by atoms with Crippen molar-refractivity contribution in [3.8, 4) is 11.1 Å². The van der Waals surface area contributed by atoms with Gasteiger partial charge in [0, 0.05) is 0 Å². The van der Waals surface area contributed by atoms with Crippen molar-refractivity contribution >= 4 is 11.9 Å². The number of hydrogen-bond donors (Lipinski definition) is 0. The van der Waals surface area contributed by atoms with E-state index < -0.39 is 11.9 Å². The van der Waals surface area contributed by atoms with Gasteiger partial charge in [0.1, 0.15) is 6.42 Å². The van der Waals surface area contributed by atoms with Crippen LogP contribution in [0.15, 0.2) is 42.5 Å². The third-order valence-corrected chi connectivity index (χ3v) is 7.19. The van der Waals surface area contributed by atoms with E-state index >= 15 is 0 Å². The van der Waals surface area contributed by atoms with Gasteiger partial charge in [0.25, 0.3) is 0 Å². The van der Waals surface area contributed by atoms with Gasteiger partial charge in [-0.1, -0.05) is 87.9 Å². The molecule has 1 aliphatic carbocycles. The summed E-state index contributed by atoms with van der Waals surface area (Å²) in [4.78, 5) is 22.9. The summed E-state index contributed by atoms with van der Waals surface area (Å²) >= 11 is 0. The molecule has 3 rings (SSSR count). The van der Waals surface area contributed by atoms with E-state index in [4.69, 9.17) is 9.47 Å². The van der Waals surface area contributed by atoms with Crippen molar-refractivity contribution in [3.05, 3.63) is 59.2 Å². The van der Waals surface area contributed by atoms with E-state index in [0.29, 0.717) is 6.61 Å². The van der Waals surface area contributed by atoms with Gasteiger partial charge in [0.2, 0.25) is 0 Å². The molecule has 0 spiro atoms. The zero-order valence-corrected chi connectivity index (χ0v) is 22.4. The summed E-state index contributed by atoms with van der Waals surface area (Å²) in [6, 6.07) is 15.9. The first-order valence-electron chi connectivity index (χ1n) is 14.1. The zero-order chi connectivity index (χ0) is 25.6. The Hall–Kier alpha value is -2.62. The maximum atomic E-state index is 11.6. The molecular weight excluding hydrogens is 448 g/mol. The average molecular weight is 493 g/mol. The molecule has 0 bridgehead atoms. The van der Waals surface area contributed by atoms with Crippen molar-refractivity contribution in [2.24, 2.45) is 5.92 Å². The second-order valence-corrected chi connectivity index (χ2v) is 10.2. The number of hydrogen-bond acceptors (Lipinski definition) is 4. The molecule has 4 nitrogen and oxygen atoms in total. The van der Waals surface area contributed by atoms with Gasteiger partial charge in [-0.25, -0.2) is 0 Å². The molecule has 0 heterocycles. The number of ether oxygens (including phenoxy) is 2. The number of benzene rings is 2. The van der Waals surface area contributed by atoms with E-state index in [2.05, 4.69) is 49.4 Å². The maximum Gasteiger partial charge on any atom is 0.317 e. The van der Waals surface area contributed by atoms with E-state index in [0.717, 1.165) is 25.2 Å². The van der Waals surface area contributed by atoms with E-state index in [-0.39, 0.29) is 13.0 Å². The van der Waals surface area contributed by atoms with E-state index in [9.17, 15) is 9.59 Å². The first-order chi connectivity index (χ1) is 17.6. The molecule has 1 atom stereocenters. The fourth-order valence-electron chi connectivity index (χ4n) is 5.17. The van der Waals surface area contributed by atoms with Crippen molar-refractivity contribution in [1.29, 1.82) is 0 Å². The van der Waals surface area contributed by atoms with Gasteiger partial charge >= 0.3 is 11.9 Å². The summed E-state index contributed by atoms with van der Waals surface area (Å²) in [7, 11) is 0. The lowest BCUT2D eigenvalue weighted by Crippen LogP contribution is -2.14. The number of unbranched alkanes of at least 4 members (excludes halogenated alkanes) is 6. The second-order valence-electron chi connectivity index (χ2n) is 10.2. The largest absolute Gasteiger partial charge is 0.466 e. The standard InChI is InChI=1S/C32H44O4/c1-3-5-6-7-8-9-13-26-21-28-18-19-29(23-30(28)22-26)27-16-14-25(15-17-27)12-10-11-20-36-32(34)24-31(33)35-4-2/h14-19,23,26H,3-13,20-22,24H2,1-2H3. The topological polar surface area (TPSA) is 52.6 Å². The quantitative estimate of drug-likeness (QED) is 0.137. The number of rotatable bonds is 16.